The summed E-state index contributed by atoms with van der Waals surface area (Å²) >= 11 is 0. The van der Waals surface area contributed by atoms with Crippen LogP contribution in [0, 0.1) is 0 Å². The molecule has 0 saturated carbocycles. The van der Waals surface area contributed by atoms with Crippen LogP contribution in [0.15, 0.2) is 0 Å². The van der Waals surface area contributed by atoms with E-state index in [0.29, 0.717) is 0 Å². The Balaban J connectivity index is 5.56. The van der Waals surface area contributed by atoms with Crippen LogP contribution in [0.25, 0.3) is 0 Å². The number of nitrogens with zero attached hydrogens (tertiary/aromatic N) is 1. The third kappa shape index (κ3) is 10.4. The molecule has 0 radical (unpaired) electrons. The van der Waals surface area contributed by atoms with Crippen molar-refractivity contribution in [1.29, 1.82) is 0 Å². The second-order valence-electron chi connectivity index (χ2n) is 6.51. The molecule has 0 saturated heterocycles. The normalized spacial score (nSPS) is 11.9. The van der Waals surface area contributed by atoms with Gasteiger partial charge in [-0.2, -0.15) is 0 Å². The molecule has 0 aromatic heterocycles. The minimum absolute atomic E-state index is 0.0677. The highest BCUT2D eigenvalue weighted by Crippen LogP contribution is 2.16. The molecule has 0 unspecified atom stereocenters. The van der Waals surface area contributed by atoms with E-state index in [0.717, 1.165) is 4.90 Å². The Kier molecular flexibility index (Phi) is 11.1. The highest BCUT2D eigenvalue weighted by atomic mass is 16.6. The van der Waals surface area contributed by atoms with Gasteiger partial charge in [0.15, 0.2) is 0 Å². The molecule has 1 amide bonds. The molecule has 0 N–H and O–H groups in total. The van der Waals surface area contributed by atoms with Crippen molar-refractivity contribution in [2.75, 3.05) is 26.4 Å². The molecule has 0 aromatic carbocycles. The van der Waals surface area contributed by atoms with Crippen LogP contribution >= 0.6 is 0 Å². The fourth-order valence-corrected chi connectivity index (χ4v) is 2.08. The van der Waals surface area contributed by atoms with Gasteiger partial charge in [-0.25, -0.2) is 9.59 Å². The lowest BCUT2D eigenvalue weighted by atomic mass is 10.1. The molecule has 0 aliphatic heterocycles. The van der Waals surface area contributed by atoms with Crippen LogP contribution in [-0.4, -0.2) is 66.9 Å². The van der Waals surface area contributed by atoms with E-state index >= 15 is 0 Å². The van der Waals surface area contributed by atoms with Gasteiger partial charge in [0.25, 0.3) is 0 Å². The molecule has 0 heterocycles. The van der Waals surface area contributed by atoms with Crippen LogP contribution in [0.3, 0.4) is 0 Å². The predicted octanol–water partition coefficient (Wildman–Crippen LogP) is 2.06. The first kappa shape index (κ1) is 24.7. The predicted molar refractivity (Wildman–Crippen MR) is 95.9 cm³/mol. The van der Waals surface area contributed by atoms with Gasteiger partial charge >= 0.3 is 24.0 Å². The van der Waals surface area contributed by atoms with Crippen molar-refractivity contribution in [3.63, 3.8) is 0 Å². The highest BCUT2D eigenvalue weighted by molar-refractivity contribution is 5.86. The summed E-state index contributed by atoms with van der Waals surface area (Å²) in [5.41, 5.74) is -0.831. The van der Waals surface area contributed by atoms with E-state index in [2.05, 4.69) is 0 Å². The van der Waals surface area contributed by atoms with Gasteiger partial charge < -0.3 is 18.9 Å². The van der Waals surface area contributed by atoms with Crippen LogP contribution in [0.1, 0.15) is 54.4 Å². The number of hydrogen-bond donors (Lipinski definition) is 0. The second kappa shape index (κ2) is 12.1. The van der Waals surface area contributed by atoms with E-state index in [1.165, 1.54) is 0 Å². The van der Waals surface area contributed by atoms with Crippen molar-refractivity contribution in [1.82, 2.24) is 4.90 Å². The van der Waals surface area contributed by atoms with Crippen LogP contribution in [0.4, 0.5) is 4.79 Å². The summed E-state index contributed by atoms with van der Waals surface area (Å²) in [5, 5.41) is 0. The summed E-state index contributed by atoms with van der Waals surface area (Å²) in [4.78, 5) is 49.6. The molecule has 0 aliphatic rings. The summed E-state index contributed by atoms with van der Waals surface area (Å²) < 4.78 is 20.0. The van der Waals surface area contributed by atoms with E-state index in [1.54, 1.807) is 41.5 Å². The zero-order valence-electron chi connectivity index (χ0n) is 17.0. The zero-order valence-corrected chi connectivity index (χ0v) is 17.0. The summed E-state index contributed by atoms with van der Waals surface area (Å²) in [6.45, 7) is 10.1. The van der Waals surface area contributed by atoms with E-state index in [4.69, 9.17) is 18.9 Å². The van der Waals surface area contributed by atoms with Gasteiger partial charge in [0.05, 0.1) is 32.7 Å². The van der Waals surface area contributed by atoms with Crippen molar-refractivity contribution in [3.8, 4) is 0 Å². The Morgan fingerprint density at radius 3 is 1.85 bits per heavy atom. The molecule has 0 fully saturated rings. The minimum Gasteiger partial charge on any atom is -0.466 e. The van der Waals surface area contributed by atoms with Gasteiger partial charge in [0, 0.05) is 6.54 Å². The maximum absolute atomic E-state index is 12.6. The molecule has 0 bridgehead atoms. The quantitative estimate of drug-likeness (QED) is 0.413. The third-order valence-electron chi connectivity index (χ3n) is 3.09. The molecule has 0 spiro atoms. The van der Waals surface area contributed by atoms with E-state index in [1.807, 2.05) is 0 Å². The molecule has 0 rings (SSSR count). The first-order chi connectivity index (χ1) is 12.6. The maximum Gasteiger partial charge on any atom is 0.411 e. The molecule has 0 aromatic rings. The van der Waals surface area contributed by atoms with Crippen LogP contribution < -0.4 is 0 Å². The number of carbonyl (C=O) groups is 4. The van der Waals surface area contributed by atoms with Crippen molar-refractivity contribution in [2.24, 2.45) is 0 Å². The Morgan fingerprint density at radius 2 is 1.37 bits per heavy atom. The number of amides is 1. The van der Waals surface area contributed by atoms with Gasteiger partial charge in [0.1, 0.15) is 11.6 Å². The average Bonchev–Trinajstić information content (AvgIpc) is 2.53. The number of ether oxygens (including phenoxy) is 4. The number of rotatable bonds is 10. The molecular weight excluding hydrogens is 358 g/mol. The van der Waals surface area contributed by atoms with Crippen LogP contribution in [0.2, 0.25) is 0 Å². The number of esters is 3. The Labute approximate surface area is 160 Å². The molecule has 9 nitrogen and oxygen atoms in total. The van der Waals surface area contributed by atoms with Crippen molar-refractivity contribution in [2.45, 2.75) is 66.0 Å². The summed E-state index contributed by atoms with van der Waals surface area (Å²) in [5.74, 6) is -1.98. The molecular formula is C18H31NO8. The maximum atomic E-state index is 12.6. The van der Waals surface area contributed by atoms with Gasteiger partial charge in [-0.15, -0.1) is 0 Å². The first-order valence-corrected chi connectivity index (χ1v) is 9.03. The van der Waals surface area contributed by atoms with Crippen molar-refractivity contribution >= 4 is 24.0 Å². The van der Waals surface area contributed by atoms with Crippen LogP contribution in [0.5, 0.6) is 0 Å². The lowest BCUT2D eigenvalue weighted by Gasteiger charge is -2.31. The van der Waals surface area contributed by atoms with Gasteiger partial charge in [-0.05, 0) is 41.5 Å². The Hall–Kier alpha value is -2.32. The van der Waals surface area contributed by atoms with Gasteiger partial charge in [-0.1, -0.05) is 0 Å². The summed E-state index contributed by atoms with van der Waals surface area (Å²) in [6.07, 6.45) is -1.41. The summed E-state index contributed by atoms with van der Waals surface area (Å²) in [6, 6.07) is -1.27. The SMILES string of the molecule is CCOC(=O)CCN(C(=O)OC(C)(C)C)[C@H](CC(=O)OCC)C(=O)OCC. The monoisotopic (exact) mass is 389 g/mol. The number of carbonyl (C=O) groups excluding carboxylic acids is 4. The molecule has 1 atom stereocenters. The molecule has 0 aliphatic carbocycles. The fraction of sp³-hybridized carbons (Fsp3) is 0.778. The summed E-state index contributed by atoms with van der Waals surface area (Å²) in [7, 11) is 0. The molecule has 27 heavy (non-hydrogen) atoms. The van der Waals surface area contributed by atoms with Gasteiger partial charge in [0.2, 0.25) is 0 Å². The number of hydrogen-bond acceptors (Lipinski definition) is 8. The average molecular weight is 389 g/mol. The smallest absolute Gasteiger partial charge is 0.411 e. The molecule has 9 heteroatoms. The van der Waals surface area contributed by atoms with E-state index in [-0.39, 0.29) is 32.8 Å². The van der Waals surface area contributed by atoms with Crippen LogP contribution in [-0.2, 0) is 33.3 Å². The molecule has 156 valence electrons. The Bertz CT molecular complexity index is 512. The van der Waals surface area contributed by atoms with E-state index in [9.17, 15) is 19.2 Å². The zero-order chi connectivity index (χ0) is 21.0. The van der Waals surface area contributed by atoms with Crippen molar-refractivity contribution < 1.29 is 38.1 Å². The second-order valence-corrected chi connectivity index (χ2v) is 6.51. The Morgan fingerprint density at radius 1 is 0.852 bits per heavy atom. The van der Waals surface area contributed by atoms with Crippen molar-refractivity contribution in [3.05, 3.63) is 0 Å². The lowest BCUT2D eigenvalue weighted by molar-refractivity contribution is -0.156. The van der Waals surface area contributed by atoms with Gasteiger partial charge in [-0.3, -0.25) is 14.5 Å². The largest absolute Gasteiger partial charge is 0.466 e. The van der Waals surface area contributed by atoms with E-state index < -0.39 is 42.1 Å². The highest BCUT2D eigenvalue weighted by Gasteiger charge is 2.36. The third-order valence-corrected chi connectivity index (χ3v) is 3.09. The lowest BCUT2D eigenvalue weighted by Crippen LogP contribution is -2.49. The standard InChI is InChI=1S/C18H31NO8/c1-7-24-14(20)10-11-19(17(23)27-18(4,5)6)13(16(22)26-9-3)12-15(21)25-8-2/h13H,7-12H2,1-6H3/t13-/m1/s1. The topological polar surface area (TPSA) is 108 Å². The minimum atomic E-state index is -1.27. The fourth-order valence-electron chi connectivity index (χ4n) is 2.08. The first-order valence-electron chi connectivity index (χ1n) is 9.03.